The minimum atomic E-state index is -0.0843. The van der Waals surface area contributed by atoms with Gasteiger partial charge in [0, 0.05) is 17.4 Å². The number of carbonyl (C=O) groups excluding carboxylic acids is 1. The van der Waals surface area contributed by atoms with Gasteiger partial charge in [-0.05, 0) is 55.7 Å². The van der Waals surface area contributed by atoms with Gasteiger partial charge in [-0.1, -0.05) is 25.5 Å². The first-order valence-corrected chi connectivity index (χ1v) is 8.42. The summed E-state index contributed by atoms with van der Waals surface area (Å²) in [5, 5.41) is 6.03. The molecule has 0 aliphatic carbocycles. The Morgan fingerprint density at radius 1 is 1.04 bits per heavy atom. The number of hydrogen-bond donors (Lipinski definition) is 2. The van der Waals surface area contributed by atoms with Crippen LogP contribution in [0.3, 0.4) is 0 Å². The molecule has 2 aromatic rings. The molecule has 0 saturated heterocycles. The monoisotopic (exact) mass is 326 g/mol. The van der Waals surface area contributed by atoms with Gasteiger partial charge in [0.25, 0.3) is 0 Å². The smallest absolute Gasteiger partial charge is 0.243 e. The first-order chi connectivity index (χ1) is 11.6. The van der Waals surface area contributed by atoms with E-state index < -0.39 is 0 Å². The Hall–Kier alpha value is -2.49. The molecule has 2 aromatic carbocycles. The lowest BCUT2D eigenvalue weighted by Gasteiger charge is -2.11. The third-order valence-corrected chi connectivity index (χ3v) is 3.84. The van der Waals surface area contributed by atoms with Crippen LogP contribution in [0.5, 0.6) is 5.75 Å². The highest BCUT2D eigenvalue weighted by Gasteiger charge is 2.04. The van der Waals surface area contributed by atoms with Gasteiger partial charge in [-0.2, -0.15) is 0 Å². The number of nitrogens with one attached hydrogen (secondary N) is 2. The number of aryl methyl sites for hydroxylation is 2. The Bertz CT molecular complexity index is 683. The van der Waals surface area contributed by atoms with E-state index in [1.165, 1.54) is 11.1 Å². The van der Waals surface area contributed by atoms with E-state index in [9.17, 15) is 4.79 Å². The molecule has 0 saturated carbocycles. The fourth-order valence-electron chi connectivity index (χ4n) is 2.24. The molecule has 4 nitrogen and oxygen atoms in total. The zero-order valence-corrected chi connectivity index (χ0v) is 14.7. The second-order valence-corrected chi connectivity index (χ2v) is 5.93. The average Bonchev–Trinajstić information content (AvgIpc) is 2.57. The summed E-state index contributed by atoms with van der Waals surface area (Å²) in [5.41, 5.74) is 4.14. The summed E-state index contributed by atoms with van der Waals surface area (Å²) in [4.78, 5) is 12.1. The zero-order chi connectivity index (χ0) is 17.4. The van der Waals surface area contributed by atoms with E-state index in [-0.39, 0.29) is 12.5 Å². The highest BCUT2D eigenvalue weighted by Crippen LogP contribution is 2.18. The van der Waals surface area contributed by atoms with Crippen LogP contribution in [-0.4, -0.2) is 19.1 Å². The van der Waals surface area contributed by atoms with Gasteiger partial charge in [0.1, 0.15) is 5.75 Å². The topological polar surface area (TPSA) is 50.4 Å². The Morgan fingerprint density at radius 2 is 1.88 bits per heavy atom. The summed E-state index contributed by atoms with van der Waals surface area (Å²) in [6.45, 7) is 7.18. The third kappa shape index (κ3) is 5.61. The molecule has 0 aliphatic heterocycles. The number of rotatable bonds is 8. The van der Waals surface area contributed by atoms with Gasteiger partial charge < -0.3 is 15.4 Å². The molecule has 0 atom stereocenters. The quantitative estimate of drug-likeness (QED) is 0.701. The normalized spacial score (nSPS) is 10.3. The molecular weight excluding hydrogens is 300 g/mol. The van der Waals surface area contributed by atoms with Crippen molar-refractivity contribution in [1.82, 2.24) is 0 Å². The maximum Gasteiger partial charge on any atom is 0.243 e. The van der Waals surface area contributed by atoms with E-state index in [2.05, 4.69) is 31.4 Å². The zero-order valence-electron chi connectivity index (χ0n) is 14.7. The molecule has 0 fully saturated rings. The Balaban J connectivity index is 1.85. The average molecular weight is 326 g/mol. The molecule has 2 N–H and O–H groups in total. The number of hydrogen-bond acceptors (Lipinski definition) is 3. The molecule has 0 aromatic heterocycles. The highest BCUT2D eigenvalue weighted by atomic mass is 16.5. The van der Waals surface area contributed by atoms with Crippen molar-refractivity contribution in [3.8, 4) is 5.75 Å². The fraction of sp³-hybridized carbons (Fsp3) is 0.350. The molecule has 0 heterocycles. The first kappa shape index (κ1) is 17.9. The van der Waals surface area contributed by atoms with Crippen LogP contribution in [-0.2, 0) is 4.79 Å². The van der Waals surface area contributed by atoms with E-state index in [1.807, 2.05) is 42.5 Å². The molecule has 0 aliphatic rings. The number of amides is 1. The predicted molar refractivity (Wildman–Crippen MR) is 99.9 cm³/mol. The Labute approximate surface area is 144 Å². The van der Waals surface area contributed by atoms with Crippen LogP contribution in [0, 0.1) is 13.8 Å². The molecule has 0 spiro atoms. The molecular formula is C20H26N2O2. The van der Waals surface area contributed by atoms with Crippen LogP contribution in [0.1, 0.15) is 30.9 Å². The van der Waals surface area contributed by atoms with Crippen LogP contribution in [0.15, 0.2) is 42.5 Å². The maximum absolute atomic E-state index is 12.1. The lowest BCUT2D eigenvalue weighted by Crippen LogP contribution is -2.21. The fourth-order valence-corrected chi connectivity index (χ4v) is 2.24. The second-order valence-electron chi connectivity index (χ2n) is 5.93. The summed E-state index contributed by atoms with van der Waals surface area (Å²) in [5.74, 6) is 0.697. The van der Waals surface area contributed by atoms with Crippen LogP contribution >= 0.6 is 0 Å². The van der Waals surface area contributed by atoms with Gasteiger partial charge >= 0.3 is 0 Å². The molecule has 4 heteroatoms. The Kier molecular flexibility index (Phi) is 6.67. The van der Waals surface area contributed by atoms with Crippen LogP contribution < -0.4 is 15.4 Å². The largest absolute Gasteiger partial charge is 0.494 e. The highest BCUT2D eigenvalue weighted by molar-refractivity contribution is 5.93. The molecule has 1 amide bonds. The maximum atomic E-state index is 12.1. The van der Waals surface area contributed by atoms with Crippen molar-refractivity contribution in [3.63, 3.8) is 0 Å². The van der Waals surface area contributed by atoms with E-state index in [1.54, 1.807) is 0 Å². The van der Waals surface area contributed by atoms with E-state index in [0.29, 0.717) is 6.61 Å². The molecule has 2 rings (SSSR count). The van der Waals surface area contributed by atoms with Gasteiger partial charge in [-0.15, -0.1) is 0 Å². The van der Waals surface area contributed by atoms with Gasteiger partial charge in [0.05, 0.1) is 13.2 Å². The van der Waals surface area contributed by atoms with E-state index in [0.717, 1.165) is 30.0 Å². The molecule has 24 heavy (non-hydrogen) atoms. The minimum Gasteiger partial charge on any atom is -0.494 e. The number of ether oxygens (including phenoxy) is 1. The van der Waals surface area contributed by atoms with Crippen molar-refractivity contribution in [2.45, 2.75) is 33.6 Å². The molecule has 0 bridgehead atoms. The van der Waals surface area contributed by atoms with Crippen molar-refractivity contribution in [2.24, 2.45) is 0 Å². The van der Waals surface area contributed by atoms with Crippen molar-refractivity contribution in [3.05, 3.63) is 53.6 Å². The number of anilines is 2. The number of carbonyl (C=O) groups is 1. The van der Waals surface area contributed by atoms with Gasteiger partial charge in [0.2, 0.25) is 5.91 Å². The summed E-state index contributed by atoms with van der Waals surface area (Å²) in [6, 6.07) is 13.6. The summed E-state index contributed by atoms with van der Waals surface area (Å²) in [7, 11) is 0. The SMILES string of the molecule is CCCCOc1cccc(NC(=O)CNc2ccc(C)c(C)c2)c1. The van der Waals surface area contributed by atoms with Crippen LogP contribution in [0.4, 0.5) is 11.4 Å². The van der Waals surface area contributed by atoms with E-state index >= 15 is 0 Å². The lowest BCUT2D eigenvalue weighted by molar-refractivity contribution is -0.114. The van der Waals surface area contributed by atoms with Crippen molar-refractivity contribution in [1.29, 1.82) is 0 Å². The summed E-state index contributed by atoms with van der Waals surface area (Å²) < 4.78 is 5.66. The van der Waals surface area contributed by atoms with Crippen LogP contribution in [0.2, 0.25) is 0 Å². The van der Waals surface area contributed by atoms with Gasteiger partial charge in [-0.25, -0.2) is 0 Å². The Morgan fingerprint density at radius 3 is 2.62 bits per heavy atom. The standard InChI is InChI=1S/C20H26N2O2/c1-4-5-11-24-19-8-6-7-18(13-19)22-20(23)14-21-17-10-9-15(2)16(3)12-17/h6-10,12-13,21H,4-5,11,14H2,1-3H3,(H,22,23). The number of unbranched alkanes of at least 4 members (excludes halogenated alkanes) is 1. The molecule has 0 radical (unpaired) electrons. The van der Waals surface area contributed by atoms with Crippen molar-refractivity contribution < 1.29 is 9.53 Å². The predicted octanol–water partition coefficient (Wildman–Crippen LogP) is 4.53. The van der Waals surface area contributed by atoms with Crippen LogP contribution in [0.25, 0.3) is 0 Å². The number of benzene rings is 2. The second kappa shape index (κ2) is 8.96. The van der Waals surface area contributed by atoms with Crippen molar-refractivity contribution >= 4 is 17.3 Å². The van der Waals surface area contributed by atoms with Gasteiger partial charge in [-0.3, -0.25) is 4.79 Å². The summed E-state index contributed by atoms with van der Waals surface area (Å²) >= 11 is 0. The molecule has 128 valence electrons. The first-order valence-electron chi connectivity index (χ1n) is 8.42. The lowest BCUT2D eigenvalue weighted by atomic mass is 10.1. The van der Waals surface area contributed by atoms with Crippen molar-refractivity contribution in [2.75, 3.05) is 23.8 Å². The van der Waals surface area contributed by atoms with Gasteiger partial charge in [0.15, 0.2) is 0 Å². The minimum absolute atomic E-state index is 0.0843. The van der Waals surface area contributed by atoms with E-state index in [4.69, 9.17) is 4.74 Å². The third-order valence-electron chi connectivity index (χ3n) is 3.84. The summed E-state index contributed by atoms with van der Waals surface area (Å²) in [6.07, 6.45) is 2.12. The molecule has 0 unspecified atom stereocenters.